The SMILES string of the molecule is CCn1c(-c2ccc(C)n(CCCOC)c2=O)n[nH]c1=S. The van der Waals surface area contributed by atoms with Gasteiger partial charge >= 0.3 is 0 Å². The number of aromatic amines is 1. The molecule has 0 spiro atoms. The maximum atomic E-state index is 12.7. The molecule has 0 aromatic carbocycles. The molecule has 0 saturated heterocycles. The zero-order valence-corrected chi connectivity index (χ0v) is 13.4. The molecule has 0 atom stereocenters. The highest BCUT2D eigenvalue weighted by Crippen LogP contribution is 2.14. The molecule has 0 bridgehead atoms. The van der Waals surface area contributed by atoms with Crippen LogP contribution in [-0.2, 0) is 17.8 Å². The number of nitrogens with one attached hydrogen (secondary N) is 1. The van der Waals surface area contributed by atoms with Gasteiger partial charge in [0, 0.05) is 32.5 Å². The van der Waals surface area contributed by atoms with E-state index in [1.807, 2.05) is 30.5 Å². The van der Waals surface area contributed by atoms with Gasteiger partial charge in [-0.3, -0.25) is 9.89 Å². The van der Waals surface area contributed by atoms with Crippen LogP contribution in [0.3, 0.4) is 0 Å². The van der Waals surface area contributed by atoms with E-state index in [9.17, 15) is 4.79 Å². The third-order valence-electron chi connectivity index (χ3n) is 3.44. The number of methoxy groups -OCH3 is 1. The molecule has 2 aromatic rings. The summed E-state index contributed by atoms with van der Waals surface area (Å²) in [5.74, 6) is 0.591. The summed E-state index contributed by atoms with van der Waals surface area (Å²) in [6.07, 6.45) is 0.793. The largest absolute Gasteiger partial charge is 0.385 e. The number of rotatable bonds is 6. The van der Waals surface area contributed by atoms with Gasteiger partial charge in [0.2, 0.25) is 0 Å². The summed E-state index contributed by atoms with van der Waals surface area (Å²) in [6.45, 7) is 5.82. The number of nitrogens with zero attached hydrogens (tertiary/aromatic N) is 3. The lowest BCUT2D eigenvalue weighted by molar-refractivity contribution is 0.189. The second-order valence-electron chi connectivity index (χ2n) is 4.79. The van der Waals surface area contributed by atoms with Crippen molar-refractivity contribution in [3.05, 3.63) is 33.0 Å². The predicted molar refractivity (Wildman–Crippen MR) is 84.0 cm³/mol. The molecular weight excluding hydrogens is 288 g/mol. The number of H-pyrrole nitrogens is 1. The topological polar surface area (TPSA) is 64.8 Å². The first-order valence-electron chi connectivity index (χ1n) is 6.95. The molecule has 7 heteroatoms. The lowest BCUT2D eigenvalue weighted by Crippen LogP contribution is -2.25. The lowest BCUT2D eigenvalue weighted by Gasteiger charge is -2.12. The predicted octanol–water partition coefficient (Wildman–Crippen LogP) is 2.13. The highest BCUT2D eigenvalue weighted by molar-refractivity contribution is 7.71. The number of pyridine rings is 1. The van der Waals surface area contributed by atoms with Crippen molar-refractivity contribution in [1.82, 2.24) is 19.3 Å². The quantitative estimate of drug-likeness (QED) is 0.656. The highest BCUT2D eigenvalue weighted by atomic mass is 32.1. The Hall–Kier alpha value is -1.73. The van der Waals surface area contributed by atoms with Crippen LogP contribution < -0.4 is 5.56 Å². The molecule has 0 radical (unpaired) electrons. The van der Waals surface area contributed by atoms with Crippen molar-refractivity contribution in [3.63, 3.8) is 0 Å². The first-order valence-corrected chi connectivity index (χ1v) is 7.36. The normalized spacial score (nSPS) is 11.0. The Labute approximate surface area is 128 Å². The van der Waals surface area contributed by atoms with Gasteiger partial charge in [-0.1, -0.05) is 0 Å². The number of hydrogen-bond donors (Lipinski definition) is 1. The minimum Gasteiger partial charge on any atom is -0.385 e. The van der Waals surface area contributed by atoms with E-state index < -0.39 is 0 Å². The summed E-state index contributed by atoms with van der Waals surface area (Å²) in [5.41, 5.74) is 1.44. The van der Waals surface area contributed by atoms with Crippen LogP contribution in [0.15, 0.2) is 16.9 Å². The molecule has 0 amide bonds. The Balaban J connectivity index is 2.48. The van der Waals surface area contributed by atoms with E-state index >= 15 is 0 Å². The van der Waals surface area contributed by atoms with Crippen LogP contribution in [0.1, 0.15) is 19.0 Å². The van der Waals surface area contributed by atoms with Crippen LogP contribution >= 0.6 is 12.2 Å². The summed E-state index contributed by atoms with van der Waals surface area (Å²) in [6, 6.07) is 3.74. The molecule has 0 aliphatic rings. The van der Waals surface area contributed by atoms with Gasteiger partial charge in [-0.15, -0.1) is 0 Å². The lowest BCUT2D eigenvalue weighted by atomic mass is 10.2. The maximum Gasteiger partial charge on any atom is 0.261 e. The molecule has 6 nitrogen and oxygen atoms in total. The van der Waals surface area contributed by atoms with Gasteiger partial charge in [0.05, 0.1) is 5.56 Å². The van der Waals surface area contributed by atoms with E-state index in [1.165, 1.54) is 0 Å². The minimum absolute atomic E-state index is 0.0465. The average molecular weight is 308 g/mol. The molecule has 0 fully saturated rings. The molecule has 2 heterocycles. The Bertz CT molecular complexity index is 729. The van der Waals surface area contributed by atoms with E-state index in [0.717, 1.165) is 12.1 Å². The second kappa shape index (κ2) is 6.82. The van der Waals surface area contributed by atoms with E-state index in [-0.39, 0.29) is 5.56 Å². The van der Waals surface area contributed by atoms with Gasteiger partial charge in [0.1, 0.15) is 0 Å². The standard InChI is InChI=1S/C14H20N4O2S/c1-4-17-12(15-16-14(17)21)11-7-6-10(2)18(13(11)19)8-5-9-20-3/h6-7H,4-5,8-9H2,1-3H3,(H,16,21). The number of aromatic nitrogens is 4. The van der Waals surface area contributed by atoms with E-state index in [2.05, 4.69) is 10.2 Å². The fourth-order valence-corrected chi connectivity index (χ4v) is 2.56. The molecular formula is C14H20N4O2S. The fraction of sp³-hybridized carbons (Fsp3) is 0.500. The van der Waals surface area contributed by atoms with Crippen LogP contribution in [0.2, 0.25) is 0 Å². The van der Waals surface area contributed by atoms with Crippen molar-refractivity contribution in [2.75, 3.05) is 13.7 Å². The molecule has 0 saturated carbocycles. The van der Waals surface area contributed by atoms with E-state index in [4.69, 9.17) is 17.0 Å². The summed E-state index contributed by atoms with van der Waals surface area (Å²) in [4.78, 5) is 12.7. The second-order valence-corrected chi connectivity index (χ2v) is 5.17. The minimum atomic E-state index is -0.0465. The average Bonchev–Trinajstić information content (AvgIpc) is 2.83. The zero-order valence-electron chi connectivity index (χ0n) is 12.5. The van der Waals surface area contributed by atoms with Gasteiger partial charge in [0.25, 0.3) is 5.56 Å². The number of aryl methyl sites for hydroxylation is 1. The molecule has 114 valence electrons. The molecule has 1 N–H and O–H groups in total. The van der Waals surface area contributed by atoms with Crippen molar-refractivity contribution in [3.8, 4) is 11.4 Å². The third kappa shape index (κ3) is 3.14. The molecule has 2 rings (SSSR count). The van der Waals surface area contributed by atoms with E-state index in [0.29, 0.717) is 35.9 Å². The van der Waals surface area contributed by atoms with Crippen molar-refractivity contribution >= 4 is 12.2 Å². The maximum absolute atomic E-state index is 12.7. The number of hydrogen-bond acceptors (Lipinski definition) is 4. The van der Waals surface area contributed by atoms with Crippen LogP contribution in [0, 0.1) is 11.7 Å². The van der Waals surface area contributed by atoms with Gasteiger partial charge in [0.15, 0.2) is 10.6 Å². The Kier molecular flexibility index (Phi) is 5.08. The van der Waals surface area contributed by atoms with Crippen LogP contribution in [0.25, 0.3) is 11.4 Å². The Morgan fingerprint density at radius 3 is 2.81 bits per heavy atom. The fourth-order valence-electron chi connectivity index (χ4n) is 2.30. The molecule has 21 heavy (non-hydrogen) atoms. The molecule has 0 aliphatic heterocycles. The van der Waals surface area contributed by atoms with Crippen LogP contribution in [-0.4, -0.2) is 33.0 Å². The summed E-state index contributed by atoms with van der Waals surface area (Å²) in [7, 11) is 1.66. The van der Waals surface area contributed by atoms with E-state index in [1.54, 1.807) is 11.7 Å². The Morgan fingerprint density at radius 1 is 1.38 bits per heavy atom. The first kappa shape index (κ1) is 15.7. The van der Waals surface area contributed by atoms with Gasteiger partial charge < -0.3 is 13.9 Å². The summed E-state index contributed by atoms with van der Waals surface area (Å²) >= 11 is 5.18. The molecule has 2 aromatic heterocycles. The van der Waals surface area contributed by atoms with Crippen LogP contribution in [0.5, 0.6) is 0 Å². The monoisotopic (exact) mass is 308 g/mol. The van der Waals surface area contributed by atoms with Gasteiger partial charge in [-0.25, -0.2) is 0 Å². The summed E-state index contributed by atoms with van der Waals surface area (Å²) < 4.78 is 9.15. The molecule has 0 aliphatic carbocycles. The van der Waals surface area contributed by atoms with Crippen molar-refractivity contribution in [2.45, 2.75) is 33.4 Å². The van der Waals surface area contributed by atoms with Crippen molar-refractivity contribution in [2.24, 2.45) is 0 Å². The van der Waals surface area contributed by atoms with Crippen molar-refractivity contribution in [1.29, 1.82) is 0 Å². The van der Waals surface area contributed by atoms with Crippen molar-refractivity contribution < 1.29 is 4.74 Å². The summed E-state index contributed by atoms with van der Waals surface area (Å²) in [5, 5.41) is 6.94. The van der Waals surface area contributed by atoms with Crippen LogP contribution in [0.4, 0.5) is 0 Å². The third-order valence-corrected chi connectivity index (χ3v) is 3.75. The molecule has 0 unspecified atom stereocenters. The first-order chi connectivity index (χ1) is 10.1. The smallest absolute Gasteiger partial charge is 0.261 e. The highest BCUT2D eigenvalue weighted by Gasteiger charge is 2.14. The zero-order chi connectivity index (χ0) is 15.4. The number of ether oxygens (including phenoxy) is 1. The van der Waals surface area contributed by atoms with Gasteiger partial charge in [-0.2, -0.15) is 5.10 Å². The Morgan fingerprint density at radius 2 is 2.14 bits per heavy atom. The van der Waals surface area contributed by atoms with Gasteiger partial charge in [-0.05, 0) is 44.6 Å².